The predicted molar refractivity (Wildman–Crippen MR) is 144 cm³/mol. The minimum atomic E-state index is -0.438. The highest BCUT2D eigenvalue weighted by molar-refractivity contribution is 6.50. The smallest absolute Gasteiger partial charge is 0.261 e. The molecule has 9 heteroatoms. The third-order valence-corrected chi connectivity index (χ3v) is 7.45. The van der Waals surface area contributed by atoms with Crippen molar-refractivity contribution in [3.63, 3.8) is 0 Å². The number of carbonyl (C=O) groups excluding carboxylic acids is 2. The molecule has 0 bridgehead atoms. The number of imide groups is 1. The summed E-state index contributed by atoms with van der Waals surface area (Å²) in [6.45, 7) is 7.88. The number of para-hydroxylation sites is 1. The van der Waals surface area contributed by atoms with Crippen LogP contribution in [0, 0.1) is 0 Å². The van der Waals surface area contributed by atoms with Crippen LogP contribution in [0.4, 0.5) is 0 Å². The maximum absolute atomic E-state index is 13.2. The van der Waals surface area contributed by atoms with E-state index in [4.69, 9.17) is 21.4 Å². The molecule has 0 saturated carbocycles. The van der Waals surface area contributed by atoms with Crippen molar-refractivity contribution < 1.29 is 14.3 Å². The number of halogens is 1. The fourth-order valence-corrected chi connectivity index (χ4v) is 5.61. The lowest BCUT2D eigenvalue weighted by atomic mass is 9.97. The maximum Gasteiger partial charge on any atom is 0.261 e. The van der Waals surface area contributed by atoms with Crippen LogP contribution in [-0.4, -0.2) is 63.9 Å². The lowest BCUT2D eigenvalue weighted by Gasteiger charge is -2.26. The minimum absolute atomic E-state index is 0.292. The second-order valence-electron chi connectivity index (χ2n) is 9.42. The molecule has 0 unspecified atom stereocenters. The number of carbonyl (C=O) groups is 2. The van der Waals surface area contributed by atoms with Crippen LogP contribution >= 0.6 is 11.6 Å². The van der Waals surface area contributed by atoms with Gasteiger partial charge in [0.05, 0.1) is 29.9 Å². The number of hydrogen-bond acceptors (Lipinski definition) is 5. The summed E-state index contributed by atoms with van der Waals surface area (Å²) in [5, 5.41) is 9.50. The average Bonchev–Trinajstić information content (AvgIpc) is 3.54. The Labute approximate surface area is 219 Å². The second-order valence-corrected chi connectivity index (χ2v) is 9.86. The van der Waals surface area contributed by atoms with Crippen molar-refractivity contribution in [3.05, 3.63) is 64.9 Å². The molecule has 2 aliphatic rings. The third-order valence-electron chi connectivity index (χ3n) is 7.22. The van der Waals surface area contributed by atoms with E-state index in [-0.39, 0.29) is 0 Å². The Morgan fingerprint density at radius 1 is 0.973 bits per heavy atom. The predicted octanol–water partition coefficient (Wildman–Crippen LogP) is 3.95. The van der Waals surface area contributed by atoms with E-state index in [2.05, 4.69) is 20.9 Å². The van der Waals surface area contributed by atoms with E-state index in [0.29, 0.717) is 28.4 Å². The van der Waals surface area contributed by atoms with Gasteiger partial charge in [0.15, 0.2) is 0 Å². The number of morpholine rings is 1. The Kier molecular flexibility index (Phi) is 6.32. The molecule has 190 valence electrons. The lowest BCUT2D eigenvalue weighted by molar-refractivity contribution is -0.122. The quantitative estimate of drug-likeness (QED) is 0.375. The van der Waals surface area contributed by atoms with Crippen LogP contribution in [0.2, 0.25) is 5.02 Å². The maximum atomic E-state index is 13.2. The molecule has 1 fully saturated rings. The van der Waals surface area contributed by atoms with Gasteiger partial charge in [-0.25, -0.2) is 0 Å². The summed E-state index contributed by atoms with van der Waals surface area (Å²) in [6.07, 6.45) is 2.97. The molecule has 1 N–H and O–H groups in total. The van der Waals surface area contributed by atoms with Gasteiger partial charge in [0.2, 0.25) is 0 Å². The number of ether oxygens (including phenoxy) is 1. The molecule has 2 amide bonds. The Balaban J connectivity index is 1.45. The van der Waals surface area contributed by atoms with Gasteiger partial charge < -0.3 is 9.30 Å². The topological polar surface area (TPSA) is 81.4 Å². The summed E-state index contributed by atoms with van der Waals surface area (Å²) in [4.78, 5) is 28.9. The van der Waals surface area contributed by atoms with Gasteiger partial charge in [-0.05, 0) is 37.6 Å². The van der Waals surface area contributed by atoms with Crippen LogP contribution in [-0.2, 0) is 27.4 Å². The van der Waals surface area contributed by atoms with Crippen molar-refractivity contribution in [2.75, 3.05) is 32.8 Å². The van der Waals surface area contributed by atoms with E-state index in [9.17, 15) is 9.59 Å². The number of aromatic nitrogens is 3. The highest BCUT2D eigenvalue weighted by Gasteiger charge is 2.36. The molecule has 0 radical (unpaired) electrons. The van der Waals surface area contributed by atoms with Crippen molar-refractivity contribution in [1.82, 2.24) is 24.6 Å². The summed E-state index contributed by atoms with van der Waals surface area (Å²) in [5.41, 5.74) is 3.76. The monoisotopic (exact) mass is 517 g/mol. The molecule has 0 spiro atoms. The number of fused-ring (bicyclic) bond motifs is 2. The molecular formula is C28H28ClN5O3. The molecular weight excluding hydrogens is 490 g/mol. The summed E-state index contributed by atoms with van der Waals surface area (Å²) in [5.74, 6) is -0.843. The molecule has 4 heterocycles. The summed E-state index contributed by atoms with van der Waals surface area (Å²) in [6, 6.07) is 13.5. The molecule has 37 heavy (non-hydrogen) atoms. The van der Waals surface area contributed by atoms with Gasteiger partial charge >= 0.3 is 0 Å². The van der Waals surface area contributed by atoms with Crippen molar-refractivity contribution in [2.24, 2.45) is 0 Å². The molecule has 4 aromatic rings. The fourth-order valence-electron chi connectivity index (χ4n) is 5.44. The minimum Gasteiger partial charge on any atom is -0.379 e. The SMILES string of the molecule is CCn1nc(C2=C(c3cn(CCCN4CCOCC4)c4ccccc34)C(=O)NC2=O)c2cc(Cl)ccc21. The number of rotatable bonds is 7. The van der Waals surface area contributed by atoms with Crippen LogP contribution in [0.3, 0.4) is 0 Å². The average molecular weight is 518 g/mol. The largest absolute Gasteiger partial charge is 0.379 e. The Morgan fingerprint density at radius 2 is 1.76 bits per heavy atom. The van der Waals surface area contributed by atoms with Crippen LogP contribution in [0.5, 0.6) is 0 Å². The molecule has 0 aliphatic carbocycles. The van der Waals surface area contributed by atoms with Crippen LogP contribution < -0.4 is 5.32 Å². The molecule has 8 nitrogen and oxygen atoms in total. The van der Waals surface area contributed by atoms with Crippen molar-refractivity contribution >= 4 is 56.4 Å². The van der Waals surface area contributed by atoms with E-state index in [1.54, 1.807) is 12.1 Å². The van der Waals surface area contributed by atoms with Crippen molar-refractivity contribution in [3.8, 4) is 0 Å². The number of hydrogen-bond donors (Lipinski definition) is 1. The fraction of sp³-hybridized carbons (Fsp3) is 0.321. The summed E-state index contributed by atoms with van der Waals surface area (Å²) < 4.78 is 9.47. The molecule has 6 rings (SSSR count). The number of nitrogens with zero attached hydrogens (tertiary/aromatic N) is 4. The van der Waals surface area contributed by atoms with E-state index in [0.717, 1.165) is 73.2 Å². The highest BCUT2D eigenvalue weighted by Crippen LogP contribution is 2.38. The van der Waals surface area contributed by atoms with Crippen molar-refractivity contribution in [1.29, 1.82) is 0 Å². The van der Waals surface area contributed by atoms with Gasteiger partial charge in [-0.15, -0.1) is 0 Å². The zero-order chi connectivity index (χ0) is 25.5. The van der Waals surface area contributed by atoms with Gasteiger partial charge in [-0.3, -0.25) is 24.5 Å². The molecule has 1 saturated heterocycles. The molecule has 2 aromatic heterocycles. The number of aryl methyl sites for hydroxylation is 2. The van der Waals surface area contributed by atoms with Crippen LogP contribution in [0.15, 0.2) is 48.7 Å². The van der Waals surface area contributed by atoms with Gasteiger partial charge in [-0.1, -0.05) is 29.8 Å². The number of nitrogens with one attached hydrogen (secondary N) is 1. The van der Waals surface area contributed by atoms with Crippen LogP contribution in [0.25, 0.3) is 33.0 Å². The lowest BCUT2D eigenvalue weighted by Crippen LogP contribution is -2.37. The van der Waals surface area contributed by atoms with Gasteiger partial charge in [0.1, 0.15) is 5.69 Å². The molecule has 2 aliphatic heterocycles. The Morgan fingerprint density at radius 3 is 2.57 bits per heavy atom. The first-order valence-corrected chi connectivity index (χ1v) is 13.1. The van der Waals surface area contributed by atoms with Gasteiger partial charge in [-0.2, -0.15) is 5.10 Å². The van der Waals surface area contributed by atoms with E-state index >= 15 is 0 Å². The molecule has 0 atom stereocenters. The van der Waals surface area contributed by atoms with Gasteiger partial charge in [0, 0.05) is 65.8 Å². The normalized spacial score (nSPS) is 16.9. The zero-order valence-corrected chi connectivity index (χ0v) is 21.4. The van der Waals surface area contributed by atoms with Crippen LogP contribution in [0.1, 0.15) is 24.6 Å². The van der Waals surface area contributed by atoms with Crippen molar-refractivity contribution in [2.45, 2.75) is 26.4 Å². The third kappa shape index (κ3) is 4.25. The first-order valence-electron chi connectivity index (χ1n) is 12.7. The zero-order valence-electron chi connectivity index (χ0n) is 20.7. The number of amides is 2. The number of benzene rings is 2. The first-order chi connectivity index (χ1) is 18.0. The second kappa shape index (κ2) is 9.78. The Bertz CT molecular complexity index is 1560. The highest BCUT2D eigenvalue weighted by atomic mass is 35.5. The first kappa shape index (κ1) is 23.9. The summed E-state index contributed by atoms with van der Waals surface area (Å²) >= 11 is 6.32. The Hall–Kier alpha value is -3.46. The summed E-state index contributed by atoms with van der Waals surface area (Å²) in [7, 11) is 0. The van der Waals surface area contributed by atoms with E-state index in [1.807, 2.05) is 42.1 Å². The van der Waals surface area contributed by atoms with E-state index in [1.165, 1.54) is 0 Å². The van der Waals surface area contributed by atoms with E-state index < -0.39 is 11.8 Å². The van der Waals surface area contributed by atoms with Gasteiger partial charge in [0.25, 0.3) is 11.8 Å². The standard InChI is InChI=1S/C28H28ClN5O3/c1-2-34-23-9-8-18(29)16-20(23)26(31-34)25-24(27(35)30-28(25)36)21-17-33(22-7-4-3-6-19(21)22)11-5-10-32-12-14-37-15-13-32/h3-4,6-9,16-17H,2,5,10-15H2,1H3,(H,30,35,36). The molecule has 2 aromatic carbocycles.